The van der Waals surface area contributed by atoms with Crippen LogP contribution in [0.3, 0.4) is 0 Å². The molecule has 2 fully saturated rings. The summed E-state index contributed by atoms with van der Waals surface area (Å²) in [6, 6.07) is 15.6. The van der Waals surface area contributed by atoms with Gasteiger partial charge in [-0.15, -0.1) is 0 Å². The second-order valence-corrected chi connectivity index (χ2v) is 10.6. The van der Waals surface area contributed by atoms with Crippen molar-refractivity contribution in [1.82, 2.24) is 9.80 Å². The Morgan fingerprint density at radius 3 is 2.41 bits per heavy atom. The van der Waals surface area contributed by atoms with E-state index in [1.54, 1.807) is 19.0 Å². The van der Waals surface area contributed by atoms with Crippen molar-refractivity contribution in [2.24, 2.45) is 11.3 Å². The zero-order valence-corrected chi connectivity index (χ0v) is 21.0. The van der Waals surface area contributed by atoms with Gasteiger partial charge in [-0.05, 0) is 73.1 Å². The first-order valence-corrected chi connectivity index (χ1v) is 12.7. The lowest BCUT2D eigenvalue weighted by molar-refractivity contribution is -0.0172. The number of hydrogen-bond acceptors (Lipinski definition) is 3. The molecule has 1 saturated carbocycles. The molecule has 34 heavy (non-hydrogen) atoms. The van der Waals surface area contributed by atoms with Crippen molar-refractivity contribution >= 4 is 23.6 Å². The van der Waals surface area contributed by atoms with Gasteiger partial charge in [0, 0.05) is 27.2 Å². The number of nitrogens with zero attached hydrogens (tertiary/aromatic N) is 2. The van der Waals surface area contributed by atoms with E-state index in [1.807, 2.05) is 53.4 Å². The minimum absolute atomic E-state index is 0.0631. The summed E-state index contributed by atoms with van der Waals surface area (Å²) in [5.41, 5.74) is 3.20. The summed E-state index contributed by atoms with van der Waals surface area (Å²) in [5.74, 6) is 0.716. The molecule has 1 saturated heterocycles. The third-order valence-electron chi connectivity index (χ3n) is 7.48. The predicted molar refractivity (Wildman–Crippen MR) is 135 cm³/mol. The van der Waals surface area contributed by atoms with Crippen LogP contribution in [0, 0.1) is 11.3 Å². The molecular weight excluding hydrogens is 448 g/mol. The molecule has 2 amide bonds. The van der Waals surface area contributed by atoms with E-state index in [-0.39, 0.29) is 12.0 Å². The van der Waals surface area contributed by atoms with Crippen LogP contribution in [0.1, 0.15) is 60.0 Å². The van der Waals surface area contributed by atoms with Crippen LogP contribution in [0.25, 0.3) is 0 Å². The normalized spacial score (nSPS) is 17.3. The second kappa shape index (κ2) is 10.8. The van der Waals surface area contributed by atoms with E-state index < -0.39 is 0 Å². The fourth-order valence-electron chi connectivity index (χ4n) is 5.47. The van der Waals surface area contributed by atoms with E-state index in [9.17, 15) is 9.59 Å². The number of aryl methyl sites for hydroxylation is 1. The van der Waals surface area contributed by atoms with Crippen molar-refractivity contribution in [3.05, 3.63) is 70.2 Å². The summed E-state index contributed by atoms with van der Waals surface area (Å²) in [6.45, 7) is 1.94. The van der Waals surface area contributed by atoms with Crippen molar-refractivity contribution in [3.63, 3.8) is 0 Å². The van der Waals surface area contributed by atoms with Gasteiger partial charge in [-0.3, -0.25) is 4.79 Å². The number of benzene rings is 2. The number of likely N-dealkylation sites (tertiary alicyclic amines) is 1. The van der Waals surface area contributed by atoms with E-state index >= 15 is 0 Å². The first-order valence-electron chi connectivity index (χ1n) is 12.3. The number of halogens is 1. The molecule has 0 N–H and O–H groups in total. The summed E-state index contributed by atoms with van der Waals surface area (Å²) < 4.78 is 5.50. The second-order valence-electron chi connectivity index (χ2n) is 10.2. The van der Waals surface area contributed by atoms with Crippen molar-refractivity contribution < 1.29 is 14.3 Å². The molecule has 0 radical (unpaired) electrons. The van der Waals surface area contributed by atoms with Crippen LogP contribution in [0.5, 0.6) is 0 Å². The first kappa shape index (κ1) is 24.6. The Hall–Kier alpha value is -2.53. The van der Waals surface area contributed by atoms with E-state index in [1.165, 1.54) is 24.8 Å². The molecule has 1 heterocycles. The highest BCUT2D eigenvalue weighted by Crippen LogP contribution is 2.54. The topological polar surface area (TPSA) is 49.9 Å². The number of hydrogen-bond donors (Lipinski definition) is 0. The third-order valence-corrected chi connectivity index (χ3v) is 7.79. The Balaban J connectivity index is 1.14. The smallest absolute Gasteiger partial charge is 0.410 e. The number of amides is 2. The lowest BCUT2D eigenvalue weighted by Crippen LogP contribution is -2.48. The summed E-state index contributed by atoms with van der Waals surface area (Å²) in [6.07, 6.45) is 7.87. The molecule has 0 bridgehead atoms. The predicted octanol–water partition coefficient (Wildman–Crippen LogP) is 6.19. The highest BCUT2D eigenvalue weighted by atomic mass is 35.5. The fraction of sp³-hybridized carbons (Fsp3) is 0.500. The first-order chi connectivity index (χ1) is 16.3. The van der Waals surface area contributed by atoms with Crippen LogP contribution in [0.15, 0.2) is 48.5 Å². The van der Waals surface area contributed by atoms with Gasteiger partial charge >= 0.3 is 6.09 Å². The summed E-state index contributed by atoms with van der Waals surface area (Å²) >= 11 is 6.35. The van der Waals surface area contributed by atoms with Gasteiger partial charge in [0.25, 0.3) is 5.91 Å². The highest BCUT2D eigenvalue weighted by Gasteiger charge is 2.45. The van der Waals surface area contributed by atoms with Crippen LogP contribution in [0.4, 0.5) is 4.79 Å². The molecule has 1 aliphatic carbocycles. The number of ether oxygens (including phenoxy) is 1. The summed E-state index contributed by atoms with van der Waals surface area (Å²) in [7, 11) is 3.47. The van der Waals surface area contributed by atoms with Gasteiger partial charge in [0.2, 0.25) is 0 Å². The van der Waals surface area contributed by atoms with Gasteiger partial charge in [-0.25, -0.2) is 4.79 Å². The molecule has 1 aliphatic heterocycles. The SMILES string of the molecule is CN(C)C(=O)c1ccc(CCCC2CC3(CCN(C(=O)OCc4ccccc4)CC3)C2)cc1Cl. The Bertz CT molecular complexity index is 992. The molecule has 5 nitrogen and oxygen atoms in total. The standard InChI is InChI=1S/C28H35ClN2O3/c1-30(2)26(32)24-12-11-21(17-25(24)29)9-6-10-23-18-28(19-23)13-15-31(16-14-28)27(33)34-20-22-7-4-3-5-8-22/h3-5,7-8,11-12,17,23H,6,9-10,13-16,18-20H2,1-2H3. The Kier molecular flexibility index (Phi) is 7.82. The van der Waals surface area contributed by atoms with Crippen molar-refractivity contribution in [3.8, 4) is 0 Å². The van der Waals surface area contributed by atoms with Gasteiger partial charge in [0.1, 0.15) is 6.61 Å². The molecule has 6 heteroatoms. The van der Waals surface area contributed by atoms with E-state index in [0.29, 0.717) is 22.6 Å². The summed E-state index contributed by atoms with van der Waals surface area (Å²) in [5, 5.41) is 0.535. The van der Waals surface area contributed by atoms with Gasteiger partial charge in [0.15, 0.2) is 0 Å². The lowest BCUT2D eigenvalue weighted by Gasteiger charge is -2.52. The van der Waals surface area contributed by atoms with Crippen LogP contribution in [-0.4, -0.2) is 49.0 Å². The molecule has 1 spiro atoms. The minimum atomic E-state index is -0.188. The number of carbonyl (C=O) groups is 2. The Morgan fingerprint density at radius 2 is 1.76 bits per heavy atom. The molecule has 2 aliphatic rings. The van der Waals surface area contributed by atoms with Crippen molar-refractivity contribution in [1.29, 1.82) is 0 Å². The third kappa shape index (κ3) is 5.93. The van der Waals surface area contributed by atoms with Gasteiger partial charge < -0.3 is 14.5 Å². The van der Waals surface area contributed by atoms with E-state index in [4.69, 9.17) is 16.3 Å². The molecule has 0 atom stereocenters. The molecule has 0 aromatic heterocycles. The van der Waals surface area contributed by atoms with Crippen LogP contribution in [-0.2, 0) is 17.8 Å². The van der Waals surface area contributed by atoms with Crippen molar-refractivity contribution in [2.75, 3.05) is 27.2 Å². The number of piperidine rings is 1. The number of rotatable bonds is 7. The average Bonchev–Trinajstić information content (AvgIpc) is 2.82. The average molecular weight is 483 g/mol. The molecule has 0 unspecified atom stereocenters. The van der Waals surface area contributed by atoms with E-state index in [0.717, 1.165) is 50.3 Å². The highest BCUT2D eigenvalue weighted by molar-refractivity contribution is 6.33. The Morgan fingerprint density at radius 1 is 1.06 bits per heavy atom. The van der Waals surface area contributed by atoms with Crippen LogP contribution < -0.4 is 0 Å². The van der Waals surface area contributed by atoms with Crippen LogP contribution >= 0.6 is 11.6 Å². The maximum Gasteiger partial charge on any atom is 0.410 e. The van der Waals surface area contributed by atoms with Crippen LogP contribution in [0.2, 0.25) is 5.02 Å². The molecule has 2 aromatic rings. The van der Waals surface area contributed by atoms with Gasteiger partial charge in [-0.2, -0.15) is 0 Å². The number of carbonyl (C=O) groups excluding carboxylic acids is 2. The zero-order chi connectivity index (χ0) is 24.1. The Labute approximate surface area is 208 Å². The lowest BCUT2D eigenvalue weighted by atomic mass is 9.56. The van der Waals surface area contributed by atoms with Crippen molar-refractivity contribution in [2.45, 2.75) is 51.6 Å². The van der Waals surface area contributed by atoms with E-state index in [2.05, 4.69) is 0 Å². The quantitative estimate of drug-likeness (QED) is 0.472. The monoisotopic (exact) mass is 482 g/mol. The molecule has 182 valence electrons. The maximum atomic E-state index is 12.4. The van der Waals surface area contributed by atoms with Gasteiger partial charge in [0.05, 0.1) is 10.6 Å². The van der Waals surface area contributed by atoms with Gasteiger partial charge in [-0.1, -0.05) is 54.4 Å². The minimum Gasteiger partial charge on any atom is -0.445 e. The maximum absolute atomic E-state index is 12.4. The summed E-state index contributed by atoms with van der Waals surface area (Å²) in [4.78, 5) is 28.0. The fourth-order valence-corrected chi connectivity index (χ4v) is 5.76. The zero-order valence-electron chi connectivity index (χ0n) is 20.3. The largest absolute Gasteiger partial charge is 0.445 e. The molecule has 2 aromatic carbocycles. The molecular formula is C28H35ClN2O3. The molecule has 4 rings (SSSR count).